The third kappa shape index (κ3) is 5.68. The van der Waals surface area contributed by atoms with Crippen molar-refractivity contribution in [3.05, 3.63) is 30.1 Å². The molecular weight excluding hydrogens is 316 g/mol. The van der Waals surface area contributed by atoms with Crippen molar-refractivity contribution in [1.82, 2.24) is 20.1 Å². The van der Waals surface area contributed by atoms with Crippen molar-refractivity contribution in [2.75, 3.05) is 33.3 Å². The summed E-state index contributed by atoms with van der Waals surface area (Å²) in [6.07, 6.45) is 2.62. The number of pyridine rings is 1. The van der Waals surface area contributed by atoms with Crippen molar-refractivity contribution < 1.29 is 9.53 Å². The lowest BCUT2D eigenvalue weighted by Crippen LogP contribution is -2.54. The Kier molecular flexibility index (Phi) is 6.79. The number of aromatic nitrogens is 1. The quantitative estimate of drug-likeness (QED) is 0.859. The number of amides is 2. The summed E-state index contributed by atoms with van der Waals surface area (Å²) >= 11 is 0. The summed E-state index contributed by atoms with van der Waals surface area (Å²) in [5.74, 6) is 0. The average molecular weight is 348 g/mol. The predicted molar refractivity (Wildman–Crippen MR) is 99.5 cm³/mol. The van der Waals surface area contributed by atoms with Crippen molar-refractivity contribution in [2.24, 2.45) is 0 Å². The zero-order chi connectivity index (χ0) is 18.4. The molecule has 6 heteroatoms. The summed E-state index contributed by atoms with van der Waals surface area (Å²) < 4.78 is 5.44. The van der Waals surface area contributed by atoms with Crippen LogP contribution in [0.1, 0.15) is 45.9 Å². The molecule has 25 heavy (non-hydrogen) atoms. The summed E-state index contributed by atoms with van der Waals surface area (Å²) in [4.78, 5) is 21.2. The highest BCUT2D eigenvalue weighted by molar-refractivity contribution is 5.74. The molecule has 1 N–H and O–H groups in total. The van der Waals surface area contributed by atoms with Crippen LogP contribution in [-0.2, 0) is 4.74 Å². The maximum atomic E-state index is 12.5. The van der Waals surface area contributed by atoms with Gasteiger partial charge in [0.15, 0.2) is 0 Å². The minimum atomic E-state index is -0.233. The summed E-state index contributed by atoms with van der Waals surface area (Å²) in [6, 6.07) is 6.38. The van der Waals surface area contributed by atoms with Crippen molar-refractivity contribution in [2.45, 2.75) is 51.8 Å². The molecule has 1 aromatic heterocycles. The molecule has 2 atom stereocenters. The van der Waals surface area contributed by atoms with E-state index in [1.54, 1.807) is 7.11 Å². The molecule has 0 bridgehead atoms. The Balaban J connectivity index is 1.80. The molecule has 2 rings (SSSR count). The van der Waals surface area contributed by atoms with Gasteiger partial charge >= 0.3 is 6.03 Å². The van der Waals surface area contributed by atoms with Gasteiger partial charge in [-0.25, -0.2) is 4.79 Å². The lowest BCUT2D eigenvalue weighted by atomic mass is 10.00. The van der Waals surface area contributed by atoms with Crippen LogP contribution in [0.25, 0.3) is 0 Å². The van der Waals surface area contributed by atoms with Crippen molar-refractivity contribution in [1.29, 1.82) is 0 Å². The van der Waals surface area contributed by atoms with Gasteiger partial charge in [0.25, 0.3) is 0 Å². The van der Waals surface area contributed by atoms with Crippen molar-refractivity contribution in [3.63, 3.8) is 0 Å². The third-order valence-electron chi connectivity index (χ3n) is 4.99. The van der Waals surface area contributed by atoms with E-state index in [0.717, 1.165) is 38.3 Å². The third-order valence-corrected chi connectivity index (χ3v) is 4.99. The van der Waals surface area contributed by atoms with Gasteiger partial charge in [0, 0.05) is 51.6 Å². The zero-order valence-corrected chi connectivity index (χ0v) is 16.2. The number of carbonyl (C=O) groups excluding carboxylic acids is 1. The topological polar surface area (TPSA) is 57.7 Å². The smallest absolute Gasteiger partial charge is 0.317 e. The number of hydrogen-bond acceptors (Lipinski definition) is 4. The fraction of sp³-hybridized carbons (Fsp3) is 0.684. The van der Waals surface area contributed by atoms with Crippen LogP contribution in [0, 0.1) is 0 Å². The maximum Gasteiger partial charge on any atom is 0.317 e. The minimum Gasteiger partial charge on any atom is -0.379 e. The Labute approximate surface area is 151 Å². The standard InChI is InChI=1S/C19H32N4O2/c1-15(14-19(3,4)25-5)21-18(24)23-12-10-22(11-13-23)16(2)17-8-6-7-9-20-17/h6-9,15-16H,10-14H2,1-5H3,(H,21,24)/t15-,16-/m1/s1. The molecule has 1 aromatic rings. The Hall–Kier alpha value is -1.66. The lowest BCUT2D eigenvalue weighted by Gasteiger charge is -2.38. The van der Waals surface area contributed by atoms with Crippen molar-refractivity contribution in [3.8, 4) is 0 Å². The van der Waals surface area contributed by atoms with Gasteiger partial charge in [0.05, 0.1) is 11.3 Å². The molecule has 0 aliphatic carbocycles. The van der Waals surface area contributed by atoms with E-state index in [2.05, 4.69) is 28.2 Å². The number of ether oxygens (including phenoxy) is 1. The van der Waals surface area contributed by atoms with Crippen LogP contribution in [0.5, 0.6) is 0 Å². The molecule has 1 aliphatic heterocycles. The average Bonchev–Trinajstić information content (AvgIpc) is 2.61. The van der Waals surface area contributed by atoms with Gasteiger partial charge < -0.3 is 15.0 Å². The first-order valence-corrected chi connectivity index (χ1v) is 9.08. The van der Waals surface area contributed by atoms with Gasteiger partial charge in [0.1, 0.15) is 0 Å². The van der Waals surface area contributed by atoms with Crippen LogP contribution >= 0.6 is 0 Å². The summed E-state index contributed by atoms with van der Waals surface area (Å²) in [6.45, 7) is 11.5. The second-order valence-electron chi connectivity index (χ2n) is 7.47. The minimum absolute atomic E-state index is 0.0181. The van der Waals surface area contributed by atoms with E-state index in [1.165, 1.54) is 0 Å². The van der Waals surface area contributed by atoms with Gasteiger partial charge in [0.2, 0.25) is 0 Å². The zero-order valence-electron chi connectivity index (χ0n) is 16.2. The number of rotatable bonds is 6. The highest BCUT2D eigenvalue weighted by atomic mass is 16.5. The Bertz CT molecular complexity index is 542. The first-order chi connectivity index (χ1) is 11.8. The molecule has 1 saturated heterocycles. The number of urea groups is 1. The number of nitrogens with one attached hydrogen (secondary N) is 1. The van der Waals surface area contributed by atoms with Gasteiger partial charge in [-0.2, -0.15) is 0 Å². The highest BCUT2D eigenvalue weighted by Gasteiger charge is 2.27. The van der Waals surface area contributed by atoms with Crippen molar-refractivity contribution >= 4 is 6.03 Å². The molecule has 0 unspecified atom stereocenters. The van der Waals surface area contributed by atoms with Gasteiger partial charge in [-0.3, -0.25) is 9.88 Å². The first-order valence-electron chi connectivity index (χ1n) is 9.08. The van der Waals surface area contributed by atoms with Gasteiger partial charge in [-0.05, 0) is 46.2 Å². The molecule has 6 nitrogen and oxygen atoms in total. The predicted octanol–water partition coefficient (Wildman–Crippen LogP) is 2.67. The molecular formula is C19H32N4O2. The van der Waals surface area contributed by atoms with E-state index in [0.29, 0.717) is 0 Å². The normalized spacial score (nSPS) is 18.7. The number of methoxy groups -OCH3 is 1. The van der Waals surface area contributed by atoms with Crippen LogP contribution in [0.4, 0.5) is 4.79 Å². The van der Waals surface area contributed by atoms with E-state index >= 15 is 0 Å². The molecule has 1 aliphatic rings. The Morgan fingerprint density at radius 1 is 1.28 bits per heavy atom. The molecule has 2 amide bonds. The number of carbonyl (C=O) groups is 1. The second kappa shape index (κ2) is 8.63. The van der Waals surface area contributed by atoms with E-state index in [-0.39, 0.29) is 23.7 Å². The molecule has 2 heterocycles. The molecule has 0 radical (unpaired) electrons. The van der Waals surface area contributed by atoms with Gasteiger partial charge in [-0.1, -0.05) is 6.07 Å². The molecule has 0 saturated carbocycles. The maximum absolute atomic E-state index is 12.5. The Morgan fingerprint density at radius 3 is 2.52 bits per heavy atom. The molecule has 1 fully saturated rings. The number of nitrogens with zero attached hydrogens (tertiary/aromatic N) is 3. The monoisotopic (exact) mass is 348 g/mol. The lowest BCUT2D eigenvalue weighted by molar-refractivity contribution is 0.00890. The van der Waals surface area contributed by atoms with E-state index in [4.69, 9.17) is 4.74 Å². The fourth-order valence-corrected chi connectivity index (χ4v) is 3.30. The van der Waals surface area contributed by atoms with Crippen LogP contribution in [0.15, 0.2) is 24.4 Å². The fourth-order valence-electron chi connectivity index (χ4n) is 3.30. The number of hydrogen-bond donors (Lipinski definition) is 1. The van der Waals surface area contributed by atoms with Crippen LogP contribution in [0.2, 0.25) is 0 Å². The van der Waals surface area contributed by atoms with E-state index in [1.807, 2.05) is 44.0 Å². The van der Waals surface area contributed by atoms with Crippen LogP contribution in [-0.4, -0.2) is 65.7 Å². The van der Waals surface area contributed by atoms with Gasteiger partial charge in [-0.15, -0.1) is 0 Å². The summed E-state index contributed by atoms with van der Waals surface area (Å²) in [5, 5.41) is 3.09. The number of piperazine rings is 1. The second-order valence-corrected chi connectivity index (χ2v) is 7.47. The SMILES string of the molecule is COC(C)(C)C[C@@H](C)NC(=O)N1CCN([C@H](C)c2ccccn2)CC1. The Morgan fingerprint density at radius 2 is 1.96 bits per heavy atom. The molecule has 0 spiro atoms. The van der Waals surface area contributed by atoms with Crippen LogP contribution in [0.3, 0.4) is 0 Å². The van der Waals surface area contributed by atoms with E-state index in [9.17, 15) is 4.79 Å². The summed E-state index contributed by atoms with van der Waals surface area (Å²) in [5.41, 5.74) is 0.847. The largest absolute Gasteiger partial charge is 0.379 e. The highest BCUT2D eigenvalue weighted by Crippen LogP contribution is 2.20. The molecule has 0 aromatic carbocycles. The van der Waals surface area contributed by atoms with E-state index < -0.39 is 0 Å². The summed E-state index contributed by atoms with van der Waals surface area (Å²) in [7, 11) is 1.70. The first kappa shape index (κ1) is 19.7. The van der Waals surface area contributed by atoms with Crippen LogP contribution < -0.4 is 5.32 Å². The molecule has 140 valence electrons.